The van der Waals surface area contributed by atoms with Crippen molar-refractivity contribution in [1.29, 1.82) is 0 Å². The molecule has 88 valence electrons. The Bertz CT molecular complexity index is 365. The molecule has 1 aliphatic rings. The zero-order chi connectivity index (χ0) is 11.5. The normalized spacial score (nSPS) is 24.2. The van der Waals surface area contributed by atoms with E-state index in [2.05, 4.69) is 5.32 Å². The molecule has 3 heteroatoms. The number of hydrogen-bond acceptors (Lipinski definition) is 1. The summed E-state index contributed by atoms with van der Waals surface area (Å²) in [5.74, 6) is 0.290. The molecule has 0 amide bonds. The average molecular weight is 225 g/mol. The molecular weight excluding hydrogens is 208 g/mol. The summed E-state index contributed by atoms with van der Waals surface area (Å²) in [6.45, 7) is 0.994. The van der Waals surface area contributed by atoms with Crippen LogP contribution in [0.5, 0.6) is 0 Å². The Morgan fingerprint density at radius 1 is 1.25 bits per heavy atom. The van der Waals surface area contributed by atoms with Gasteiger partial charge in [0.25, 0.3) is 0 Å². The second-order valence-electron chi connectivity index (χ2n) is 4.60. The zero-order valence-electron chi connectivity index (χ0n) is 9.47. The summed E-state index contributed by atoms with van der Waals surface area (Å²) in [5, 5.41) is 3.16. The first-order chi connectivity index (χ1) is 7.70. The van der Waals surface area contributed by atoms with Crippen molar-refractivity contribution in [3.8, 4) is 0 Å². The molecule has 0 aromatic heterocycles. The summed E-state index contributed by atoms with van der Waals surface area (Å²) >= 11 is 0. The average Bonchev–Trinajstić information content (AvgIpc) is 2.23. The lowest BCUT2D eigenvalue weighted by Gasteiger charge is -2.36. The van der Waals surface area contributed by atoms with Crippen molar-refractivity contribution in [3.05, 3.63) is 35.4 Å². The van der Waals surface area contributed by atoms with E-state index in [1.165, 1.54) is 12.5 Å². The third kappa shape index (κ3) is 2.40. The van der Waals surface area contributed by atoms with Crippen LogP contribution in [0.4, 0.5) is 8.78 Å². The van der Waals surface area contributed by atoms with E-state index in [1.807, 2.05) is 7.05 Å². The van der Waals surface area contributed by atoms with Crippen molar-refractivity contribution in [2.24, 2.45) is 11.8 Å². The van der Waals surface area contributed by atoms with Crippen LogP contribution in [0.1, 0.15) is 18.4 Å². The SMILES string of the molecule is CNCC1CCC1Cc1ccc(F)cc1F. The van der Waals surface area contributed by atoms with Gasteiger partial charge < -0.3 is 5.32 Å². The maximum Gasteiger partial charge on any atom is 0.129 e. The second-order valence-corrected chi connectivity index (χ2v) is 4.60. The topological polar surface area (TPSA) is 12.0 Å². The van der Waals surface area contributed by atoms with E-state index in [0.717, 1.165) is 25.5 Å². The Labute approximate surface area is 94.9 Å². The Balaban J connectivity index is 1.98. The molecule has 1 fully saturated rings. The van der Waals surface area contributed by atoms with E-state index in [1.54, 1.807) is 6.07 Å². The number of benzene rings is 1. The van der Waals surface area contributed by atoms with Gasteiger partial charge in [0.1, 0.15) is 11.6 Å². The number of rotatable bonds is 4. The summed E-state index contributed by atoms with van der Waals surface area (Å²) in [4.78, 5) is 0. The van der Waals surface area contributed by atoms with E-state index < -0.39 is 11.6 Å². The highest BCUT2D eigenvalue weighted by molar-refractivity contribution is 5.19. The maximum absolute atomic E-state index is 13.4. The summed E-state index contributed by atoms with van der Waals surface area (Å²) < 4.78 is 26.2. The van der Waals surface area contributed by atoms with Gasteiger partial charge in [-0.3, -0.25) is 0 Å². The third-order valence-electron chi connectivity index (χ3n) is 3.54. The maximum atomic E-state index is 13.4. The molecule has 0 spiro atoms. The predicted octanol–water partition coefficient (Wildman–Crippen LogP) is 2.75. The standard InChI is InChI=1S/C13H17F2N/c1-16-8-11-3-2-9(11)6-10-4-5-12(14)7-13(10)15/h4-5,7,9,11,16H,2-3,6,8H2,1H3. The van der Waals surface area contributed by atoms with Gasteiger partial charge >= 0.3 is 0 Å². The molecule has 1 aromatic rings. The summed E-state index contributed by atoms with van der Waals surface area (Å²) in [6.07, 6.45) is 3.11. The lowest BCUT2D eigenvalue weighted by molar-refractivity contribution is 0.172. The molecule has 1 aromatic carbocycles. The van der Waals surface area contributed by atoms with Gasteiger partial charge in [-0.15, -0.1) is 0 Å². The smallest absolute Gasteiger partial charge is 0.129 e. The van der Waals surface area contributed by atoms with Crippen LogP contribution in [0, 0.1) is 23.5 Å². The number of nitrogens with one attached hydrogen (secondary N) is 1. The third-order valence-corrected chi connectivity index (χ3v) is 3.54. The largest absolute Gasteiger partial charge is 0.319 e. The highest BCUT2D eigenvalue weighted by Gasteiger charge is 2.30. The van der Waals surface area contributed by atoms with Gasteiger partial charge in [0.2, 0.25) is 0 Å². The molecule has 1 aliphatic carbocycles. The predicted molar refractivity (Wildman–Crippen MR) is 60.2 cm³/mol. The molecule has 0 bridgehead atoms. The van der Waals surface area contributed by atoms with Crippen molar-refractivity contribution in [3.63, 3.8) is 0 Å². The second kappa shape index (κ2) is 4.91. The molecule has 1 saturated carbocycles. The fourth-order valence-corrected chi connectivity index (χ4v) is 2.41. The van der Waals surface area contributed by atoms with E-state index in [9.17, 15) is 8.78 Å². The van der Waals surface area contributed by atoms with Crippen molar-refractivity contribution in [1.82, 2.24) is 5.32 Å². The summed E-state index contributed by atoms with van der Waals surface area (Å²) in [6, 6.07) is 3.88. The molecule has 1 nitrogen and oxygen atoms in total. The summed E-state index contributed by atoms with van der Waals surface area (Å²) in [7, 11) is 1.94. The Hall–Kier alpha value is -0.960. The van der Waals surface area contributed by atoms with Crippen LogP contribution in [0.25, 0.3) is 0 Å². The molecule has 0 aliphatic heterocycles. The summed E-state index contributed by atoms with van der Waals surface area (Å²) in [5.41, 5.74) is 0.646. The molecule has 0 radical (unpaired) electrons. The van der Waals surface area contributed by atoms with Crippen molar-refractivity contribution >= 4 is 0 Å². The molecule has 2 unspecified atom stereocenters. The van der Waals surface area contributed by atoms with Gasteiger partial charge in [0, 0.05) is 6.07 Å². The molecule has 0 heterocycles. The highest BCUT2D eigenvalue weighted by atomic mass is 19.1. The van der Waals surface area contributed by atoms with Crippen LogP contribution in [0.3, 0.4) is 0 Å². The molecule has 2 atom stereocenters. The fraction of sp³-hybridized carbons (Fsp3) is 0.538. The first-order valence-corrected chi connectivity index (χ1v) is 5.79. The van der Waals surface area contributed by atoms with Gasteiger partial charge in [-0.05, 0) is 56.3 Å². The first kappa shape index (κ1) is 11.5. The minimum Gasteiger partial charge on any atom is -0.319 e. The Morgan fingerprint density at radius 3 is 2.56 bits per heavy atom. The number of halogens is 2. The van der Waals surface area contributed by atoms with Crippen LogP contribution in [-0.2, 0) is 6.42 Å². The van der Waals surface area contributed by atoms with Crippen LogP contribution in [0.2, 0.25) is 0 Å². The quantitative estimate of drug-likeness (QED) is 0.830. The van der Waals surface area contributed by atoms with E-state index >= 15 is 0 Å². The number of hydrogen-bond donors (Lipinski definition) is 1. The van der Waals surface area contributed by atoms with Gasteiger partial charge in [0.15, 0.2) is 0 Å². The van der Waals surface area contributed by atoms with Gasteiger partial charge in [-0.1, -0.05) is 6.07 Å². The molecule has 0 saturated heterocycles. The van der Waals surface area contributed by atoms with Crippen LogP contribution >= 0.6 is 0 Å². The molecule has 16 heavy (non-hydrogen) atoms. The van der Waals surface area contributed by atoms with E-state index in [4.69, 9.17) is 0 Å². The monoisotopic (exact) mass is 225 g/mol. The molecule has 2 rings (SSSR count). The van der Waals surface area contributed by atoms with Gasteiger partial charge in [-0.2, -0.15) is 0 Å². The highest BCUT2D eigenvalue weighted by Crippen LogP contribution is 2.36. The van der Waals surface area contributed by atoms with Crippen molar-refractivity contribution in [2.75, 3.05) is 13.6 Å². The lowest BCUT2D eigenvalue weighted by atomic mass is 9.70. The zero-order valence-corrected chi connectivity index (χ0v) is 9.47. The minimum atomic E-state index is -0.498. The van der Waals surface area contributed by atoms with Gasteiger partial charge in [-0.25, -0.2) is 8.78 Å². The van der Waals surface area contributed by atoms with Gasteiger partial charge in [0.05, 0.1) is 0 Å². The lowest BCUT2D eigenvalue weighted by Crippen LogP contribution is -2.35. The van der Waals surface area contributed by atoms with Crippen molar-refractivity contribution in [2.45, 2.75) is 19.3 Å². The Morgan fingerprint density at radius 2 is 2.00 bits per heavy atom. The molecule has 1 N–H and O–H groups in total. The van der Waals surface area contributed by atoms with Crippen LogP contribution in [0.15, 0.2) is 18.2 Å². The van der Waals surface area contributed by atoms with Crippen molar-refractivity contribution < 1.29 is 8.78 Å². The van der Waals surface area contributed by atoms with E-state index in [0.29, 0.717) is 17.4 Å². The Kier molecular flexibility index (Phi) is 3.54. The molecular formula is C13H17F2N. The first-order valence-electron chi connectivity index (χ1n) is 5.79. The minimum absolute atomic E-state index is 0.407. The van der Waals surface area contributed by atoms with Crippen LogP contribution < -0.4 is 5.32 Å². The fourth-order valence-electron chi connectivity index (χ4n) is 2.41. The van der Waals surface area contributed by atoms with Crippen LogP contribution in [-0.4, -0.2) is 13.6 Å². The van der Waals surface area contributed by atoms with E-state index in [-0.39, 0.29) is 0 Å².